The number of H-pyrrole nitrogens is 1. The highest BCUT2D eigenvalue weighted by atomic mass is 35.5. The molecule has 2 heterocycles. The molecule has 2 aromatic rings. The van der Waals surface area contributed by atoms with Crippen molar-refractivity contribution in [2.24, 2.45) is 0 Å². The summed E-state index contributed by atoms with van der Waals surface area (Å²) < 4.78 is 0. The van der Waals surface area contributed by atoms with Gasteiger partial charge in [0.15, 0.2) is 0 Å². The molecule has 0 unspecified atom stereocenters. The lowest BCUT2D eigenvalue weighted by molar-refractivity contribution is -0.119. The SMILES string of the molecule is CN(CC(=O)NCCCc1ncc[nH]1)c1ccc(Cl)cn1. The number of rotatable bonds is 7. The fourth-order valence-corrected chi connectivity index (χ4v) is 1.98. The van der Waals surface area contributed by atoms with Crippen LogP contribution < -0.4 is 10.2 Å². The summed E-state index contributed by atoms with van der Waals surface area (Å²) in [5.74, 6) is 1.62. The van der Waals surface area contributed by atoms with Crippen LogP contribution in [-0.2, 0) is 11.2 Å². The zero-order chi connectivity index (χ0) is 15.1. The molecule has 2 aromatic heterocycles. The van der Waals surface area contributed by atoms with Crippen molar-refractivity contribution in [3.05, 3.63) is 41.6 Å². The molecule has 1 amide bonds. The predicted molar refractivity (Wildman–Crippen MR) is 82.4 cm³/mol. The van der Waals surface area contributed by atoms with Gasteiger partial charge < -0.3 is 15.2 Å². The van der Waals surface area contributed by atoms with Crippen molar-refractivity contribution in [1.82, 2.24) is 20.3 Å². The molecule has 112 valence electrons. The first-order valence-electron chi connectivity index (χ1n) is 6.73. The van der Waals surface area contributed by atoms with Crippen LogP contribution in [0.15, 0.2) is 30.7 Å². The van der Waals surface area contributed by atoms with Gasteiger partial charge in [-0.2, -0.15) is 0 Å². The Bertz CT molecular complexity index is 555. The molecule has 0 aromatic carbocycles. The van der Waals surface area contributed by atoms with E-state index in [4.69, 9.17) is 11.6 Å². The van der Waals surface area contributed by atoms with Crippen LogP contribution in [0.25, 0.3) is 0 Å². The van der Waals surface area contributed by atoms with Gasteiger partial charge >= 0.3 is 0 Å². The summed E-state index contributed by atoms with van der Waals surface area (Å²) in [6, 6.07) is 3.54. The first-order chi connectivity index (χ1) is 10.1. The normalized spacial score (nSPS) is 10.4. The lowest BCUT2D eigenvalue weighted by Gasteiger charge is -2.17. The van der Waals surface area contributed by atoms with E-state index in [9.17, 15) is 4.79 Å². The van der Waals surface area contributed by atoms with Gasteiger partial charge in [0.25, 0.3) is 0 Å². The zero-order valence-corrected chi connectivity index (χ0v) is 12.6. The number of pyridine rings is 1. The Morgan fingerprint density at radius 3 is 2.95 bits per heavy atom. The largest absolute Gasteiger partial charge is 0.355 e. The highest BCUT2D eigenvalue weighted by Crippen LogP contribution is 2.12. The molecule has 0 radical (unpaired) electrons. The molecule has 2 N–H and O–H groups in total. The van der Waals surface area contributed by atoms with Crippen LogP contribution in [-0.4, -0.2) is 41.0 Å². The molecule has 0 spiro atoms. The van der Waals surface area contributed by atoms with E-state index in [0.29, 0.717) is 17.4 Å². The average molecular weight is 308 g/mol. The first kappa shape index (κ1) is 15.3. The number of imidazole rings is 1. The van der Waals surface area contributed by atoms with Gasteiger partial charge in [-0.1, -0.05) is 11.6 Å². The van der Waals surface area contributed by atoms with E-state index in [0.717, 1.165) is 18.7 Å². The second-order valence-corrected chi connectivity index (χ2v) is 5.12. The van der Waals surface area contributed by atoms with Crippen LogP contribution >= 0.6 is 11.6 Å². The third-order valence-electron chi connectivity index (χ3n) is 2.95. The van der Waals surface area contributed by atoms with Crippen LogP contribution in [0.1, 0.15) is 12.2 Å². The van der Waals surface area contributed by atoms with Gasteiger partial charge in [0.2, 0.25) is 5.91 Å². The third kappa shape index (κ3) is 5.07. The molecule has 0 fully saturated rings. The Labute approximate surface area is 128 Å². The van der Waals surface area contributed by atoms with Gasteiger partial charge in [-0.3, -0.25) is 4.79 Å². The number of amides is 1. The molecule has 0 aliphatic rings. The minimum absolute atomic E-state index is 0.0336. The number of carbonyl (C=O) groups excluding carboxylic acids is 1. The van der Waals surface area contributed by atoms with Gasteiger partial charge in [-0.25, -0.2) is 9.97 Å². The molecule has 0 saturated heterocycles. The minimum atomic E-state index is -0.0336. The molecule has 0 atom stereocenters. The van der Waals surface area contributed by atoms with Crippen molar-refractivity contribution < 1.29 is 4.79 Å². The summed E-state index contributed by atoms with van der Waals surface area (Å²) in [6.07, 6.45) is 6.75. The molecule has 21 heavy (non-hydrogen) atoms. The molecule has 0 aliphatic heterocycles. The maximum Gasteiger partial charge on any atom is 0.239 e. The van der Waals surface area contributed by atoms with Gasteiger partial charge in [0, 0.05) is 38.6 Å². The van der Waals surface area contributed by atoms with Crippen LogP contribution in [0.3, 0.4) is 0 Å². The Morgan fingerprint density at radius 1 is 1.43 bits per heavy atom. The third-order valence-corrected chi connectivity index (χ3v) is 3.17. The van der Waals surface area contributed by atoms with Gasteiger partial charge in [0.1, 0.15) is 11.6 Å². The lowest BCUT2D eigenvalue weighted by Crippen LogP contribution is -2.36. The Balaban J connectivity index is 1.67. The van der Waals surface area contributed by atoms with Gasteiger partial charge in [-0.15, -0.1) is 0 Å². The fourth-order valence-electron chi connectivity index (χ4n) is 1.86. The standard InChI is InChI=1S/C14H18ClN5O/c1-20(13-5-4-11(15)9-19-13)10-14(21)18-6-2-3-12-16-7-8-17-12/h4-5,7-9H,2-3,6,10H2,1H3,(H,16,17)(H,18,21). The Kier molecular flexibility index (Phi) is 5.57. The molecule has 6 nitrogen and oxygen atoms in total. The summed E-state index contributed by atoms with van der Waals surface area (Å²) in [5, 5.41) is 3.46. The monoisotopic (exact) mass is 307 g/mol. The molecule has 0 bridgehead atoms. The number of hydrogen-bond donors (Lipinski definition) is 2. The molecular formula is C14H18ClN5O. The smallest absolute Gasteiger partial charge is 0.239 e. The summed E-state index contributed by atoms with van der Waals surface area (Å²) >= 11 is 5.78. The van der Waals surface area contributed by atoms with Crippen molar-refractivity contribution in [3.63, 3.8) is 0 Å². The Hall–Kier alpha value is -2.08. The number of likely N-dealkylation sites (N-methyl/N-ethyl adjacent to an activating group) is 1. The number of aryl methyl sites for hydroxylation is 1. The molecular weight excluding hydrogens is 290 g/mol. The van der Waals surface area contributed by atoms with Crippen molar-refractivity contribution in [1.29, 1.82) is 0 Å². The predicted octanol–water partition coefficient (Wildman–Crippen LogP) is 1.64. The highest BCUT2D eigenvalue weighted by Gasteiger charge is 2.08. The van der Waals surface area contributed by atoms with E-state index in [1.165, 1.54) is 0 Å². The molecule has 7 heteroatoms. The van der Waals surface area contributed by atoms with Gasteiger partial charge in [-0.05, 0) is 18.6 Å². The number of nitrogens with zero attached hydrogens (tertiary/aromatic N) is 3. The summed E-state index contributed by atoms with van der Waals surface area (Å²) in [7, 11) is 1.82. The average Bonchev–Trinajstić information content (AvgIpc) is 2.97. The topological polar surface area (TPSA) is 73.9 Å². The van der Waals surface area contributed by atoms with Crippen LogP contribution in [0, 0.1) is 0 Å². The number of nitrogens with one attached hydrogen (secondary N) is 2. The second-order valence-electron chi connectivity index (χ2n) is 4.68. The van der Waals surface area contributed by atoms with Crippen molar-refractivity contribution in [2.45, 2.75) is 12.8 Å². The van der Waals surface area contributed by atoms with E-state index in [-0.39, 0.29) is 12.5 Å². The van der Waals surface area contributed by atoms with E-state index >= 15 is 0 Å². The van der Waals surface area contributed by atoms with Crippen LogP contribution in [0.2, 0.25) is 5.02 Å². The maximum atomic E-state index is 11.8. The summed E-state index contributed by atoms with van der Waals surface area (Å²) in [4.78, 5) is 24.9. The van der Waals surface area contributed by atoms with E-state index in [1.54, 1.807) is 35.6 Å². The number of carbonyl (C=O) groups is 1. The number of aromatic amines is 1. The van der Waals surface area contributed by atoms with Crippen molar-refractivity contribution in [3.8, 4) is 0 Å². The number of aromatic nitrogens is 3. The molecule has 0 saturated carbocycles. The van der Waals surface area contributed by atoms with E-state index < -0.39 is 0 Å². The highest BCUT2D eigenvalue weighted by molar-refractivity contribution is 6.30. The number of halogens is 1. The van der Waals surface area contributed by atoms with Crippen molar-refractivity contribution >= 4 is 23.3 Å². The first-order valence-corrected chi connectivity index (χ1v) is 7.10. The van der Waals surface area contributed by atoms with E-state index in [1.807, 2.05) is 7.05 Å². The lowest BCUT2D eigenvalue weighted by atomic mass is 10.3. The summed E-state index contributed by atoms with van der Waals surface area (Å²) in [5.41, 5.74) is 0. The van der Waals surface area contributed by atoms with Crippen LogP contribution in [0.5, 0.6) is 0 Å². The summed E-state index contributed by atoms with van der Waals surface area (Å²) in [6.45, 7) is 0.886. The maximum absolute atomic E-state index is 11.8. The molecule has 2 rings (SSSR count). The van der Waals surface area contributed by atoms with Crippen LogP contribution in [0.4, 0.5) is 5.82 Å². The van der Waals surface area contributed by atoms with Gasteiger partial charge in [0.05, 0.1) is 11.6 Å². The zero-order valence-electron chi connectivity index (χ0n) is 11.8. The quantitative estimate of drug-likeness (QED) is 0.763. The second kappa shape index (κ2) is 7.64. The fraction of sp³-hybridized carbons (Fsp3) is 0.357. The molecule has 0 aliphatic carbocycles. The van der Waals surface area contributed by atoms with E-state index in [2.05, 4.69) is 20.3 Å². The number of hydrogen-bond acceptors (Lipinski definition) is 4. The minimum Gasteiger partial charge on any atom is -0.355 e. The van der Waals surface area contributed by atoms with Crippen molar-refractivity contribution in [2.75, 3.05) is 25.0 Å². The number of anilines is 1. The Morgan fingerprint density at radius 2 is 2.29 bits per heavy atom.